The van der Waals surface area contributed by atoms with Gasteiger partial charge in [-0.2, -0.15) is 4.31 Å². The Bertz CT molecular complexity index is 817. The first-order chi connectivity index (χ1) is 12.3. The van der Waals surface area contributed by atoms with Crippen molar-refractivity contribution in [1.29, 1.82) is 0 Å². The van der Waals surface area contributed by atoms with E-state index in [1.165, 1.54) is 16.1 Å². The van der Waals surface area contributed by atoms with E-state index in [-0.39, 0.29) is 31.4 Å². The van der Waals surface area contributed by atoms with Crippen molar-refractivity contribution in [2.45, 2.75) is 18.7 Å². The molecule has 1 aromatic carbocycles. The molecule has 7 nitrogen and oxygen atoms in total. The SMILES string of the molecule is Cc1ccc(S(=O)(=O)N2CCN(C(=O)CN3CSCC3=O)CC2)cc1C. The number of rotatable bonds is 4. The van der Waals surface area contributed by atoms with Crippen LogP contribution in [0.3, 0.4) is 0 Å². The summed E-state index contributed by atoms with van der Waals surface area (Å²) >= 11 is 1.50. The molecular weight excluding hydrogens is 374 g/mol. The van der Waals surface area contributed by atoms with Crippen LogP contribution >= 0.6 is 11.8 Å². The van der Waals surface area contributed by atoms with Crippen LogP contribution in [-0.2, 0) is 19.6 Å². The maximum absolute atomic E-state index is 12.8. The highest BCUT2D eigenvalue weighted by molar-refractivity contribution is 8.00. The first-order valence-electron chi connectivity index (χ1n) is 8.50. The second-order valence-corrected chi connectivity index (χ2v) is 9.49. The molecule has 142 valence electrons. The van der Waals surface area contributed by atoms with Crippen molar-refractivity contribution in [3.05, 3.63) is 29.3 Å². The zero-order valence-corrected chi connectivity index (χ0v) is 16.6. The smallest absolute Gasteiger partial charge is 0.243 e. The van der Waals surface area contributed by atoms with Crippen molar-refractivity contribution in [2.24, 2.45) is 0 Å². The Labute approximate surface area is 158 Å². The van der Waals surface area contributed by atoms with Gasteiger partial charge in [0.15, 0.2) is 0 Å². The van der Waals surface area contributed by atoms with Gasteiger partial charge in [-0.25, -0.2) is 8.42 Å². The number of nitrogens with zero attached hydrogens (tertiary/aromatic N) is 3. The lowest BCUT2D eigenvalue weighted by Gasteiger charge is -2.34. The van der Waals surface area contributed by atoms with E-state index in [0.29, 0.717) is 29.6 Å². The standard InChI is InChI=1S/C17H23N3O4S2/c1-13-3-4-15(9-14(13)2)26(23,24)20-7-5-18(6-8-20)16(21)10-19-12-25-11-17(19)22/h3-4,9H,5-8,10-12H2,1-2H3. The van der Waals surface area contributed by atoms with Gasteiger partial charge in [-0.1, -0.05) is 6.07 Å². The summed E-state index contributed by atoms with van der Waals surface area (Å²) in [5.74, 6) is 0.837. The summed E-state index contributed by atoms with van der Waals surface area (Å²) in [4.78, 5) is 27.5. The molecule has 0 unspecified atom stereocenters. The van der Waals surface area contributed by atoms with E-state index in [9.17, 15) is 18.0 Å². The molecule has 0 radical (unpaired) electrons. The molecule has 2 heterocycles. The highest BCUT2D eigenvalue weighted by Crippen LogP contribution is 2.21. The second-order valence-electron chi connectivity index (χ2n) is 6.60. The van der Waals surface area contributed by atoms with Gasteiger partial charge in [0.05, 0.1) is 16.5 Å². The van der Waals surface area contributed by atoms with E-state index in [2.05, 4.69) is 0 Å². The van der Waals surface area contributed by atoms with Crippen LogP contribution in [0.4, 0.5) is 0 Å². The summed E-state index contributed by atoms with van der Waals surface area (Å²) in [7, 11) is -3.55. The molecule has 26 heavy (non-hydrogen) atoms. The summed E-state index contributed by atoms with van der Waals surface area (Å²) in [6.07, 6.45) is 0. The maximum Gasteiger partial charge on any atom is 0.243 e. The molecule has 0 atom stereocenters. The number of benzene rings is 1. The van der Waals surface area contributed by atoms with Crippen LogP contribution in [0.2, 0.25) is 0 Å². The van der Waals surface area contributed by atoms with Crippen LogP contribution < -0.4 is 0 Å². The lowest BCUT2D eigenvalue weighted by Crippen LogP contribution is -2.52. The molecule has 9 heteroatoms. The van der Waals surface area contributed by atoms with Gasteiger partial charge in [-0.3, -0.25) is 9.59 Å². The minimum Gasteiger partial charge on any atom is -0.339 e. The van der Waals surface area contributed by atoms with E-state index < -0.39 is 10.0 Å². The van der Waals surface area contributed by atoms with Gasteiger partial charge in [-0.15, -0.1) is 11.8 Å². The molecule has 0 saturated carbocycles. The molecular formula is C17H23N3O4S2. The molecule has 2 fully saturated rings. The molecule has 2 amide bonds. The molecule has 1 aromatic rings. The third kappa shape index (κ3) is 3.89. The number of hydrogen-bond donors (Lipinski definition) is 0. The fraction of sp³-hybridized carbons (Fsp3) is 0.529. The van der Waals surface area contributed by atoms with Crippen molar-refractivity contribution >= 4 is 33.6 Å². The molecule has 0 spiro atoms. The molecule has 0 N–H and O–H groups in total. The van der Waals surface area contributed by atoms with Gasteiger partial charge in [0.25, 0.3) is 0 Å². The zero-order chi connectivity index (χ0) is 18.9. The van der Waals surface area contributed by atoms with Crippen molar-refractivity contribution in [3.63, 3.8) is 0 Å². The van der Waals surface area contributed by atoms with Crippen LogP contribution in [-0.4, -0.2) is 78.7 Å². The molecule has 0 aliphatic carbocycles. The summed E-state index contributed by atoms with van der Waals surface area (Å²) in [6, 6.07) is 5.14. The number of sulfonamides is 1. The Morgan fingerprint density at radius 2 is 1.81 bits per heavy atom. The molecule has 0 aromatic heterocycles. The van der Waals surface area contributed by atoms with E-state index in [1.54, 1.807) is 21.9 Å². The Morgan fingerprint density at radius 3 is 2.38 bits per heavy atom. The summed E-state index contributed by atoms with van der Waals surface area (Å²) in [5, 5.41) is 0. The van der Waals surface area contributed by atoms with Crippen molar-refractivity contribution < 1.29 is 18.0 Å². The average molecular weight is 398 g/mol. The van der Waals surface area contributed by atoms with Gasteiger partial charge >= 0.3 is 0 Å². The predicted octanol–water partition coefficient (Wildman–Crippen LogP) is 0.669. The average Bonchev–Trinajstić information content (AvgIpc) is 3.02. The third-order valence-electron chi connectivity index (χ3n) is 4.86. The number of carbonyl (C=O) groups is 2. The number of aryl methyl sites for hydroxylation is 2. The van der Waals surface area contributed by atoms with Crippen molar-refractivity contribution in [3.8, 4) is 0 Å². The Morgan fingerprint density at radius 1 is 1.12 bits per heavy atom. The minimum atomic E-state index is -3.55. The number of carbonyl (C=O) groups excluding carboxylic acids is 2. The summed E-state index contributed by atoms with van der Waals surface area (Å²) in [6.45, 7) is 5.14. The largest absolute Gasteiger partial charge is 0.339 e. The summed E-state index contributed by atoms with van der Waals surface area (Å²) in [5.41, 5.74) is 1.99. The highest BCUT2D eigenvalue weighted by Gasteiger charge is 2.32. The molecule has 2 saturated heterocycles. The fourth-order valence-corrected chi connectivity index (χ4v) is 5.42. The predicted molar refractivity (Wildman–Crippen MR) is 100 cm³/mol. The number of amides is 2. The van der Waals surface area contributed by atoms with Crippen LogP contribution in [0.15, 0.2) is 23.1 Å². The van der Waals surface area contributed by atoms with Gasteiger partial charge < -0.3 is 9.80 Å². The number of piperazine rings is 1. The summed E-state index contributed by atoms with van der Waals surface area (Å²) < 4.78 is 27.1. The minimum absolute atomic E-state index is 0.0145. The molecule has 2 aliphatic heterocycles. The first kappa shape index (κ1) is 19.2. The fourth-order valence-electron chi connectivity index (χ4n) is 3.00. The van der Waals surface area contributed by atoms with E-state index in [1.807, 2.05) is 19.9 Å². The third-order valence-corrected chi connectivity index (χ3v) is 7.70. The zero-order valence-electron chi connectivity index (χ0n) is 15.0. The Balaban J connectivity index is 1.61. The lowest BCUT2D eigenvalue weighted by atomic mass is 10.1. The van der Waals surface area contributed by atoms with E-state index in [4.69, 9.17) is 0 Å². The van der Waals surface area contributed by atoms with E-state index in [0.717, 1.165) is 11.1 Å². The first-order valence-corrected chi connectivity index (χ1v) is 11.1. The van der Waals surface area contributed by atoms with Gasteiger partial charge in [0, 0.05) is 26.2 Å². The maximum atomic E-state index is 12.8. The van der Waals surface area contributed by atoms with Crippen LogP contribution in [0, 0.1) is 13.8 Å². The monoisotopic (exact) mass is 397 g/mol. The topological polar surface area (TPSA) is 78.0 Å². The van der Waals surface area contributed by atoms with Crippen LogP contribution in [0.25, 0.3) is 0 Å². The van der Waals surface area contributed by atoms with Crippen molar-refractivity contribution in [1.82, 2.24) is 14.1 Å². The van der Waals surface area contributed by atoms with Gasteiger partial charge in [0.2, 0.25) is 21.8 Å². The molecule has 3 rings (SSSR count). The van der Waals surface area contributed by atoms with Crippen molar-refractivity contribution in [2.75, 3.05) is 44.4 Å². The molecule has 2 aliphatic rings. The Kier molecular flexibility index (Phi) is 5.59. The highest BCUT2D eigenvalue weighted by atomic mass is 32.2. The van der Waals surface area contributed by atoms with Crippen LogP contribution in [0.1, 0.15) is 11.1 Å². The number of hydrogen-bond acceptors (Lipinski definition) is 5. The quantitative estimate of drug-likeness (QED) is 0.746. The number of thioether (sulfide) groups is 1. The second kappa shape index (κ2) is 7.58. The van der Waals surface area contributed by atoms with E-state index >= 15 is 0 Å². The molecule has 0 bridgehead atoms. The normalized spacial score (nSPS) is 19.2. The van der Waals surface area contributed by atoms with Crippen LogP contribution in [0.5, 0.6) is 0 Å². The Hall–Kier alpha value is -1.58. The lowest BCUT2D eigenvalue weighted by molar-refractivity contribution is -0.138. The van der Waals surface area contributed by atoms with Gasteiger partial charge in [-0.05, 0) is 37.1 Å². The van der Waals surface area contributed by atoms with Gasteiger partial charge in [0.1, 0.15) is 6.54 Å².